The number of hydrogen-bond acceptors (Lipinski definition) is 6. The van der Waals surface area contributed by atoms with Crippen LogP contribution < -0.4 is 10.6 Å². The molecule has 0 radical (unpaired) electrons. The molecule has 0 fully saturated rings. The first kappa shape index (κ1) is 22.5. The van der Waals surface area contributed by atoms with Crippen LogP contribution in [0.15, 0.2) is 53.7 Å². The average Bonchev–Trinajstić information content (AvgIpc) is 3.07. The topological polar surface area (TPSA) is 86.3 Å². The number of amides is 1. The summed E-state index contributed by atoms with van der Waals surface area (Å²) in [6.07, 6.45) is 0. The minimum Gasteiger partial charge on any atom is -0.435 e. The third-order valence-corrected chi connectivity index (χ3v) is 5.36. The molecule has 0 bridgehead atoms. The van der Waals surface area contributed by atoms with Gasteiger partial charge in [-0.2, -0.15) is 8.78 Å². The number of halogens is 3. The van der Waals surface area contributed by atoms with E-state index in [2.05, 4.69) is 14.9 Å². The minimum atomic E-state index is -2.91. The Bertz CT molecular complexity index is 1050. The Hall–Kier alpha value is -3.21. The molecule has 7 nitrogen and oxygen atoms in total. The van der Waals surface area contributed by atoms with Crippen molar-refractivity contribution in [1.29, 1.82) is 0 Å². The number of carbonyl (C=O) groups is 1. The van der Waals surface area contributed by atoms with E-state index in [0.717, 1.165) is 11.8 Å². The molecule has 0 saturated heterocycles. The van der Waals surface area contributed by atoms with Crippen molar-refractivity contribution in [2.45, 2.75) is 30.5 Å². The summed E-state index contributed by atoms with van der Waals surface area (Å²) in [7, 11) is 1.63. The molecule has 31 heavy (non-hydrogen) atoms. The molecule has 0 aliphatic carbocycles. The van der Waals surface area contributed by atoms with Crippen LogP contribution in [0.5, 0.6) is 5.75 Å². The lowest BCUT2D eigenvalue weighted by molar-refractivity contribution is -0.129. The summed E-state index contributed by atoms with van der Waals surface area (Å²) < 4.78 is 43.4. The third-order valence-electron chi connectivity index (χ3n) is 4.32. The van der Waals surface area contributed by atoms with Gasteiger partial charge in [0.2, 0.25) is 11.1 Å². The van der Waals surface area contributed by atoms with Crippen molar-refractivity contribution in [1.82, 2.24) is 19.8 Å². The molecule has 3 aromatic rings. The highest BCUT2D eigenvalue weighted by molar-refractivity contribution is 8.00. The van der Waals surface area contributed by atoms with Gasteiger partial charge in [0.05, 0.1) is 5.25 Å². The van der Waals surface area contributed by atoms with E-state index < -0.39 is 11.9 Å². The second kappa shape index (κ2) is 9.73. The number of benzene rings is 2. The minimum absolute atomic E-state index is 0.0111. The molecule has 0 saturated carbocycles. The van der Waals surface area contributed by atoms with Crippen LogP contribution in [0, 0.1) is 5.82 Å². The van der Waals surface area contributed by atoms with Gasteiger partial charge in [-0.05, 0) is 48.9 Å². The van der Waals surface area contributed by atoms with Crippen LogP contribution in [-0.2, 0) is 11.3 Å². The summed E-state index contributed by atoms with van der Waals surface area (Å²) in [6.45, 7) is -0.945. The summed E-state index contributed by atoms with van der Waals surface area (Å²) in [5, 5.41) is 7.82. The second-order valence-electron chi connectivity index (χ2n) is 6.66. The lowest BCUT2D eigenvalue weighted by Gasteiger charge is -2.21. The molecule has 2 N–H and O–H groups in total. The van der Waals surface area contributed by atoms with Crippen LogP contribution in [-0.4, -0.2) is 44.6 Å². The quantitative estimate of drug-likeness (QED) is 0.417. The summed E-state index contributed by atoms with van der Waals surface area (Å²) in [6, 6.07) is 11.8. The molecule has 2 aromatic carbocycles. The van der Waals surface area contributed by atoms with Crippen LogP contribution in [0.1, 0.15) is 12.5 Å². The van der Waals surface area contributed by atoms with Crippen molar-refractivity contribution in [2.24, 2.45) is 0 Å². The van der Waals surface area contributed by atoms with Gasteiger partial charge in [-0.1, -0.05) is 23.9 Å². The maximum absolute atomic E-state index is 13.3. The number of nitrogens with zero attached hydrogens (tertiary/aromatic N) is 4. The van der Waals surface area contributed by atoms with Crippen molar-refractivity contribution in [3.63, 3.8) is 0 Å². The Morgan fingerprint density at radius 3 is 2.58 bits per heavy atom. The molecule has 0 aliphatic heterocycles. The van der Waals surface area contributed by atoms with Crippen molar-refractivity contribution >= 4 is 17.7 Å². The van der Waals surface area contributed by atoms with Crippen molar-refractivity contribution in [2.75, 3.05) is 12.9 Å². The van der Waals surface area contributed by atoms with Gasteiger partial charge in [0, 0.05) is 19.2 Å². The number of carbonyl (C=O) groups excluding carboxylic acids is 1. The zero-order chi connectivity index (χ0) is 22.5. The molecular weight excluding hydrogens is 431 g/mol. The number of ether oxygens (including phenoxy) is 1. The fourth-order valence-corrected chi connectivity index (χ4v) is 3.73. The highest BCUT2D eigenvalue weighted by Gasteiger charge is 2.23. The number of aromatic nitrogens is 3. The normalized spacial score (nSPS) is 12.1. The first-order chi connectivity index (χ1) is 14.7. The molecule has 164 valence electrons. The third kappa shape index (κ3) is 5.69. The summed E-state index contributed by atoms with van der Waals surface area (Å²) in [5.41, 5.74) is 1.22. The van der Waals surface area contributed by atoms with E-state index in [9.17, 15) is 18.0 Å². The Labute approximate surface area is 181 Å². The zero-order valence-corrected chi connectivity index (χ0v) is 17.5. The lowest BCUT2D eigenvalue weighted by Crippen LogP contribution is -2.33. The van der Waals surface area contributed by atoms with E-state index in [1.807, 2.05) is 0 Å². The highest BCUT2D eigenvalue weighted by Crippen LogP contribution is 2.27. The van der Waals surface area contributed by atoms with E-state index in [1.165, 1.54) is 46.0 Å². The molecule has 3 rings (SSSR count). The number of thioether (sulfide) groups is 1. The monoisotopic (exact) mass is 451 g/mol. The molecule has 1 atom stereocenters. The van der Waals surface area contributed by atoms with Gasteiger partial charge in [-0.15, -0.1) is 10.2 Å². The van der Waals surface area contributed by atoms with Gasteiger partial charge in [-0.3, -0.25) is 4.79 Å². The fraction of sp³-hybridized carbons (Fsp3) is 0.250. The molecule has 1 heterocycles. The second-order valence-corrected chi connectivity index (χ2v) is 7.97. The smallest absolute Gasteiger partial charge is 0.387 e. The van der Waals surface area contributed by atoms with Crippen molar-refractivity contribution < 1.29 is 22.7 Å². The first-order valence-corrected chi connectivity index (χ1v) is 10.0. The van der Waals surface area contributed by atoms with Crippen molar-refractivity contribution in [3.05, 3.63) is 59.9 Å². The molecule has 1 amide bonds. The van der Waals surface area contributed by atoms with E-state index >= 15 is 0 Å². The molecule has 0 aliphatic rings. The zero-order valence-electron chi connectivity index (χ0n) is 16.7. The van der Waals surface area contributed by atoms with Gasteiger partial charge in [-0.25, -0.2) is 9.07 Å². The Morgan fingerprint density at radius 2 is 1.94 bits per heavy atom. The number of hydrogen-bond donors (Lipinski definition) is 1. The maximum atomic E-state index is 13.3. The highest BCUT2D eigenvalue weighted by atomic mass is 32.2. The summed E-state index contributed by atoms with van der Waals surface area (Å²) >= 11 is 1.12. The number of rotatable bonds is 8. The van der Waals surface area contributed by atoms with Crippen LogP contribution in [0.25, 0.3) is 11.4 Å². The van der Waals surface area contributed by atoms with Crippen molar-refractivity contribution in [3.8, 4) is 17.1 Å². The molecule has 0 spiro atoms. The van der Waals surface area contributed by atoms with Crippen LogP contribution >= 0.6 is 11.8 Å². The predicted octanol–water partition coefficient (Wildman–Crippen LogP) is 3.54. The Balaban J connectivity index is 1.66. The van der Waals surface area contributed by atoms with E-state index in [-0.39, 0.29) is 24.0 Å². The van der Waals surface area contributed by atoms with E-state index in [4.69, 9.17) is 5.84 Å². The standard InChI is InChI=1S/C20H20F3N5O2S/c1-12(18(29)27(2)11-13-4-3-5-15(21)10-13)31-20-26-25-17(28(20)24)14-6-8-16(9-7-14)30-19(22)23/h3-10,12,19H,11,24H2,1-2H3. The van der Waals surface area contributed by atoms with Gasteiger partial charge < -0.3 is 15.5 Å². The SMILES string of the molecule is CC(Sc1nnc(-c2ccc(OC(F)F)cc2)n1N)C(=O)N(C)Cc1cccc(F)c1. The van der Waals surface area contributed by atoms with Gasteiger partial charge in [0.1, 0.15) is 11.6 Å². The van der Waals surface area contributed by atoms with Crippen LogP contribution in [0.2, 0.25) is 0 Å². The molecule has 11 heteroatoms. The lowest BCUT2D eigenvalue weighted by atomic mass is 10.2. The van der Waals surface area contributed by atoms with E-state index in [1.54, 1.807) is 26.1 Å². The Kier molecular flexibility index (Phi) is 7.06. The average molecular weight is 451 g/mol. The Morgan fingerprint density at radius 1 is 1.23 bits per heavy atom. The van der Waals surface area contributed by atoms with Gasteiger partial charge >= 0.3 is 6.61 Å². The maximum Gasteiger partial charge on any atom is 0.387 e. The molecular formula is C20H20F3N5O2S. The first-order valence-electron chi connectivity index (χ1n) is 9.16. The summed E-state index contributed by atoms with van der Waals surface area (Å²) in [4.78, 5) is 14.2. The molecule has 1 unspecified atom stereocenters. The van der Waals surface area contributed by atoms with E-state index in [0.29, 0.717) is 22.1 Å². The van der Waals surface area contributed by atoms with Crippen LogP contribution in [0.4, 0.5) is 13.2 Å². The number of nitrogens with two attached hydrogens (primary N) is 1. The fourth-order valence-electron chi connectivity index (χ4n) is 2.85. The van der Waals surface area contributed by atoms with Gasteiger partial charge in [0.25, 0.3) is 0 Å². The predicted molar refractivity (Wildman–Crippen MR) is 110 cm³/mol. The number of alkyl halides is 2. The van der Waals surface area contributed by atoms with Gasteiger partial charge in [0.15, 0.2) is 5.82 Å². The number of nitrogen functional groups attached to an aromatic ring is 1. The largest absolute Gasteiger partial charge is 0.435 e. The summed E-state index contributed by atoms with van der Waals surface area (Å²) in [5.74, 6) is 5.84. The van der Waals surface area contributed by atoms with Crippen LogP contribution in [0.3, 0.4) is 0 Å². The molecule has 1 aromatic heterocycles.